The van der Waals surface area contributed by atoms with Crippen molar-refractivity contribution >= 4 is 30.5 Å². The molecule has 1 aromatic rings. The van der Waals surface area contributed by atoms with Crippen LogP contribution < -0.4 is 10.6 Å². The number of benzene rings is 1. The number of amides is 3. The standard InChI is InChI=1S/C27H41N3O4S/c1-18-13-15-19(16-14-18)23(24(31)28-20-9-6-5-7-10-20)30(21-11-8-12-21)25(32)22(17-35)29-26(33)34-27(2,3)4/h13-16,20-23,35H,5-12,17H2,1-4H3,(H,28,31)(H,29,33). The number of nitrogens with one attached hydrogen (secondary N) is 2. The van der Waals surface area contributed by atoms with Crippen LogP contribution in [0.15, 0.2) is 24.3 Å². The Balaban J connectivity index is 1.90. The molecule has 2 aliphatic carbocycles. The van der Waals surface area contributed by atoms with Crippen LogP contribution in [-0.4, -0.2) is 52.3 Å². The van der Waals surface area contributed by atoms with E-state index in [1.165, 1.54) is 6.42 Å². The van der Waals surface area contributed by atoms with Crippen LogP contribution in [0.25, 0.3) is 0 Å². The lowest BCUT2D eigenvalue weighted by Gasteiger charge is -2.44. The first-order valence-electron chi connectivity index (χ1n) is 12.9. The summed E-state index contributed by atoms with van der Waals surface area (Å²) in [6, 6.07) is 6.19. The van der Waals surface area contributed by atoms with Crippen molar-refractivity contribution in [3.63, 3.8) is 0 Å². The van der Waals surface area contributed by atoms with Gasteiger partial charge in [-0.1, -0.05) is 49.1 Å². The third-order valence-electron chi connectivity index (χ3n) is 6.77. The monoisotopic (exact) mass is 503 g/mol. The molecule has 7 nitrogen and oxygen atoms in total. The van der Waals surface area contributed by atoms with Gasteiger partial charge in [-0.05, 0) is 65.4 Å². The van der Waals surface area contributed by atoms with Crippen LogP contribution in [0.5, 0.6) is 0 Å². The first kappa shape index (κ1) is 27.4. The predicted molar refractivity (Wildman–Crippen MR) is 140 cm³/mol. The first-order chi connectivity index (χ1) is 16.6. The van der Waals surface area contributed by atoms with Gasteiger partial charge in [0.05, 0.1) is 0 Å². The summed E-state index contributed by atoms with van der Waals surface area (Å²) in [5.74, 6) is -0.359. The molecule has 3 rings (SSSR count). The van der Waals surface area contributed by atoms with E-state index in [1.807, 2.05) is 31.2 Å². The third-order valence-corrected chi connectivity index (χ3v) is 7.13. The second kappa shape index (κ2) is 12.2. The van der Waals surface area contributed by atoms with Crippen LogP contribution in [0.1, 0.15) is 89.3 Å². The van der Waals surface area contributed by atoms with Crippen molar-refractivity contribution in [2.24, 2.45) is 0 Å². The molecule has 1 aromatic carbocycles. The van der Waals surface area contributed by atoms with E-state index in [2.05, 4.69) is 23.3 Å². The topological polar surface area (TPSA) is 87.7 Å². The molecule has 2 atom stereocenters. The van der Waals surface area contributed by atoms with Gasteiger partial charge in [-0.3, -0.25) is 9.59 Å². The van der Waals surface area contributed by atoms with E-state index in [9.17, 15) is 14.4 Å². The second-order valence-corrected chi connectivity index (χ2v) is 11.2. The minimum Gasteiger partial charge on any atom is -0.444 e. The second-order valence-electron chi connectivity index (χ2n) is 10.9. The fraction of sp³-hybridized carbons (Fsp3) is 0.667. The Morgan fingerprint density at radius 2 is 1.66 bits per heavy atom. The van der Waals surface area contributed by atoms with Gasteiger partial charge in [-0.15, -0.1) is 0 Å². The summed E-state index contributed by atoms with van der Waals surface area (Å²) >= 11 is 4.36. The average molecular weight is 504 g/mol. The van der Waals surface area contributed by atoms with Crippen molar-refractivity contribution in [3.05, 3.63) is 35.4 Å². The van der Waals surface area contributed by atoms with Gasteiger partial charge < -0.3 is 20.3 Å². The van der Waals surface area contributed by atoms with Crippen molar-refractivity contribution in [3.8, 4) is 0 Å². The van der Waals surface area contributed by atoms with Crippen LogP contribution >= 0.6 is 12.6 Å². The number of hydrogen-bond acceptors (Lipinski definition) is 5. The Morgan fingerprint density at radius 1 is 1.03 bits per heavy atom. The highest BCUT2D eigenvalue weighted by molar-refractivity contribution is 7.80. The minimum absolute atomic E-state index is 0.0614. The smallest absolute Gasteiger partial charge is 0.408 e. The Labute approximate surface area is 215 Å². The average Bonchev–Trinajstić information content (AvgIpc) is 2.76. The zero-order valence-electron chi connectivity index (χ0n) is 21.5. The molecule has 0 spiro atoms. The molecule has 2 saturated carbocycles. The summed E-state index contributed by atoms with van der Waals surface area (Å²) < 4.78 is 5.37. The van der Waals surface area contributed by atoms with Crippen molar-refractivity contribution in [1.82, 2.24) is 15.5 Å². The molecule has 194 valence electrons. The number of carbonyl (C=O) groups is 3. The van der Waals surface area contributed by atoms with E-state index in [-0.39, 0.29) is 29.7 Å². The van der Waals surface area contributed by atoms with Gasteiger partial charge in [0.15, 0.2) is 0 Å². The molecule has 3 amide bonds. The van der Waals surface area contributed by atoms with Crippen LogP contribution in [0.3, 0.4) is 0 Å². The minimum atomic E-state index is -0.899. The van der Waals surface area contributed by atoms with Gasteiger partial charge >= 0.3 is 6.09 Å². The molecule has 0 heterocycles. The number of thiol groups is 1. The van der Waals surface area contributed by atoms with Gasteiger partial charge in [0.2, 0.25) is 11.8 Å². The third kappa shape index (κ3) is 7.63. The van der Waals surface area contributed by atoms with Gasteiger partial charge in [0.25, 0.3) is 0 Å². The fourth-order valence-electron chi connectivity index (χ4n) is 4.71. The van der Waals surface area contributed by atoms with E-state index in [0.29, 0.717) is 0 Å². The summed E-state index contributed by atoms with van der Waals surface area (Å²) in [6.07, 6.45) is 7.32. The Kier molecular flexibility index (Phi) is 9.50. The summed E-state index contributed by atoms with van der Waals surface area (Å²) in [5.41, 5.74) is 1.17. The van der Waals surface area contributed by atoms with Crippen molar-refractivity contribution in [2.75, 3.05) is 5.75 Å². The number of ether oxygens (including phenoxy) is 1. The molecule has 2 unspecified atom stereocenters. The highest BCUT2D eigenvalue weighted by atomic mass is 32.1. The lowest BCUT2D eigenvalue weighted by atomic mass is 9.87. The Hall–Kier alpha value is -2.22. The van der Waals surface area contributed by atoms with Crippen LogP contribution in [0.2, 0.25) is 0 Å². The number of alkyl carbamates (subject to hydrolysis) is 1. The highest BCUT2D eigenvalue weighted by Crippen LogP contribution is 2.34. The zero-order chi connectivity index (χ0) is 25.6. The summed E-state index contributed by atoms with van der Waals surface area (Å²) in [7, 11) is 0. The molecular formula is C27H41N3O4S. The maximum absolute atomic E-state index is 13.9. The molecule has 0 saturated heterocycles. The van der Waals surface area contributed by atoms with E-state index in [1.54, 1.807) is 25.7 Å². The number of carbonyl (C=O) groups excluding carboxylic acids is 3. The van der Waals surface area contributed by atoms with Gasteiger partial charge in [-0.2, -0.15) is 12.6 Å². The number of nitrogens with zero attached hydrogens (tertiary/aromatic N) is 1. The van der Waals surface area contributed by atoms with Crippen molar-refractivity contribution < 1.29 is 19.1 Å². The fourth-order valence-corrected chi connectivity index (χ4v) is 4.96. The zero-order valence-corrected chi connectivity index (χ0v) is 22.4. The Morgan fingerprint density at radius 3 is 2.17 bits per heavy atom. The summed E-state index contributed by atoms with van der Waals surface area (Å²) in [6.45, 7) is 7.31. The van der Waals surface area contributed by atoms with E-state index < -0.39 is 23.8 Å². The van der Waals surface area contributed by atoms with Gasteiger partial charge in [-0.25, -0.2) is 4.79 Å². The molecule has 35 heavy (non-hydrogen) atoms. The SMILES string of the molecule is Cc1ccc(C(C(=O)NC2CCCCC2)N(C(=O)C(CS)NC(=O)OC(C)(C)C)C2CCC2)cc1. The molecule has 2 N–H and O–H groups in total. The quantitative estimate of drug-likeness (QED) is 0.449. The molecule has 0 aromatic heterocycles. The van der Waals surface area contributed by atoms with E-state index >= 15 is 0 Å². The summed E-state index contributed by atoms with van der Waals surface area (Å²) in [4.78, 5) is 41.9. The van der Waals surface area contributed by atoms with E-state index in [0.717, 1.165) is 56.1 Å². The van der Waals surface area contributed by atoms with E-state index in [4.69, 9.17) is 4.74 Å². The van der Waals surface area contributed by atoms with Crippen molar-refractivity contribution in [2.45, 2.75) is 109 Å². The van der Waals surface area contributed by atoms with Crippen molar-refractivity contribution in [1.29, 1.82) is 0 Å². The van der Waals surface area contributed by atoms with Gasteiger partial charge in [0, 0.05) is 17.8 Å². The van der Waals surface area contributed by atoms with Crippen LogP contribution in [-0.2, 0) is 14.3 Å². The van der Waals surface area contributed by atoms with Gasteiger partial charge in [0.1, 0.15) is 17.7 Å². The predicted octanol–water partition coefficient (Wildman–Crippen LogP) is 4.69. The molecule has 0 aliphatic heterocycles. The maximum Gasteiger partial charge on any atom is 0.408 e. The first-order valence-corrected chi connectivity index (χ1v) is 13.5. The molecule has 0 bridgehead atoms. The maximum atomic E-state index is 13.9. The van der Waals surface area contributed by atoms with Crippen LogP contribution in [0, 0.1) is 6.92 Å². The highest BCUT2D eigenvalue weighted by Gasteiger charge is 2.42. The molecule has 2 aliphatic rings. The number of aryl methyl sites for hydroxylation is 1. The molecule has 0 radical (unpaired) electrons. The summed E-state index contributed by atoms with van der Waals surface area (Å²) in [5, 5.41) is 5.92. The Bertz CT molecular complexity index is 873. The lowest BCUT2D eigenvalue weighted by Crippen LogP contribution is -2.58. The largest absolute Gasteiger partial charge is 0.444 e. The lowest BCUT2D eigenvalue weighted by molar-refractivity contribution is -0.147. The number of hydrogen-bond donors (Lipinski definition) is 3. The molecular weight excluding hydrogens is 462 g/mol. The molecule has 2 fully saturated rings. The number of rotatable bonds is 8. The van der Waals surface area contributed by atoms with Crippen LogP contribution in [0.4, 0.5) is 4.79 Å². The normalized spacial score (nSPS) is 18.7. The molecule has 8 heteroatoms.